The van der Waals surface area contributed by atoms with E-state index in [-0.39, 0.29) is 19.1 Å². The normalized spacial score (nSPS) is 14.7. The summed E-state index contributed by atoms with van der Waals surface area (Å²) in [6.07, 6.45) is 1.69. The molecule has 2 aromatic rings. The first-order valence-corrected chi connectivity index (χ1v) is 13.2. The van der Waals surface area contributed by atoms with E-state index in [0.29, 0.717) is 45.9 Å². The zero-order chi connectivity index (χ0) is 26.0. The third kappa shape index (κ3) is 6.20. The van der Waals surface area contributed by atoms with Gasteiger partial charge in [0.1, 0.15) is 0 Å². The minimum Gasteiger partial charge on any atom is -0.462 e. The first-order chi connectivity index (χ1) is 16.3. The average molecular weight is 501 g/mol. The molecule has 4 N–H and O–H groups in total. The molecule has 0 saturated heterocycles. The van der Waals surface area contributed by atoms with E-state index >= 15 is 0 Å². The lowest BCUT2D eigenvalue weighted by atomic mass is 10.0. The Balaban J connectivity index is 1.90. The lowest BCUT2D eigenvalue weighted by Crippen LogP contribution is -2.47. The van der Waals surface area contributed by atoms with Crippen LogP contribution in [0.15, 0.2) is 48.2 Å². The van der Waals surface area contributed by atoms with Crippen LogP contribution in [0.2, 0.25) is 0 Å². The molecular weight excluding hydrogens is 468 g/mol. The molecule has 188 valence electrons. The van der Waals surface area contributed by atoms with Gasteiger partial charge in [-0.1, -0.05) is 13.0 Å². The second kappa shape index (κ2) is 10.1. The molecule has 0 fully saturated rings. The average Bonchev–Trinajstić information content (AvgIpc) is 3.10. The molecule has 2 aromatic carbocycles. The standard InChI is InChI=1S/C25H32N4O5S/c1-6-20(22-19-13-8-16(24(31)34-7-2)14-21(19)28-23(22)30)27-17-9-11-18(12-10-17)29(35(5,32)33)15-25(3,4)26/h8-14,27H,6-7,15,26H2,1-5H3,(H,28,30). The van der Waals surface area contributed by atoms with Gasteiger partial charge in [-0.3, -0.25) is 9.10 Å². The van der Waals surface area contributed by atoms with Crippen molar-refractivity contribution >= 4 is 44.5 Å². The summed E-state index contributed by atoms with van der Waals surface area (Å²) in [7, 11) is -3.52. The van der Waals surface area contributed by atoms with Crippen LogP contribution in [-0.2, 0) is 19.6 Å². The highest BCUT2D eigenvalue weighted by Gasteiger charge is 2.28. The highest BCUT2D eigenvalue weighted by atomic mass is 32.2. The molecule has 10 heteroatoms. The minimum absolute atomic E-state index is 0.133. The van der Waals surface area contributed by atoms with E-state index in [1.54, 1.807) is 63.2 Å². The maximum atomic E-state index is 12.8. The van der Waals surface area contributed by atoms with E-state index < -0.39 is 21.5 Å². The molecule has 1 aliphatic rings. The number of rotatable bonds is 9. The number of hydrogen-bond donors (Lipinski definition) is 3. The zero-order valence-corrected chi connectivity index (χ0v) is 21.5. The first kappa shape index (κ1) is 26.2. The number of hydrogen-bond acceptors (Lipinski definition) is 7. The van der Waals surface area contributed by atoms with Gasteiger partial charge in [0, 0.05) is 22.5 Å². The summed E-state index contributed by atoms with van der Waals surface area (Å²) in [6.45, 7) is 7.59. The summed E-state index contributed by atoms with van der Waals surface area (Å²) in [5.74, 6) is -0.715. The number of nitrogens with two attached hydrogens (primary N) is 1. The molecule has 1 aliphatic heterocycles. The summed E-state index contributed by atoms with van der Waals surface area (Å²) in [6, 6.07) is 11.9. The highest BCUT2D eigenvalue weighted by Crippen LogP contribution is 2.36. The molecule has 1 amide bonds. The van der Waals surface area contributed by atoms with Gasteiger partial charge in [0.25, 0.3) is 5.91 Å². The molecule has 0 spiro atoms. The monoisotopic (exact) mass is 500 g/mol. The van der Waals surface area contributed by atoms with Gasteiger partial charge in [0.05, 0.1) is 41.9 Å². The van der Waals surface area contributed by atoms with Crippen molar-refractivity contribution < 1.29 is 22.7 Å². The Morgan fingerprint density at radius 2 is 1.80 bits per heavy atom. The van der Waals surface area contributed by atoms with E-state index in [0.717, 1.165) is 6.26 Å². The molecular formula is C25H32N4O5S. The lowest BCUT2D eigenvalue weighted by molar-refractivity contribution is -0.110. The number of carbonyl (C=O) groups excluding carboxylic acids is 2. The molecule has 3 rings (SSSR count). The fourth-order valence-corrected chi connectivity index (χ4v) is 4.87. The van der Waals surface area contributed by atoms with Gasteiger partial charge >= 0.3 is 5.97 Å². The maximum Gasteiger partial charge on any atom is 0.338 e. The van der Waals surface area contributed by atoms with Crippen molar-refractivity contribution in [2.24, 2.45) is 5.73 Å². The zero-order valence-electron chi connectivity index (χ0n) is 20.6. The third-order valence-corrected chi connectivity index (χ3v) is 6.47. The van der Waals surface area contributed by atoms with E-state index in [4.69, 9.17) is 10.5 Å². The number of amides is 1. The van der Waals surface area contributed by atoms with Gasteiger partial charge in [-0.2, -0.15) is 0 Å². The van der Waals surface area contributed by atoms with Crippen LogP contribution in [0.1, 0.15) is 50.0 Å². The quantitative estimate of drug-likeness (QED) is 0.354. The van der Waals surface area contributed by atoms with Crippen molar-refractivity contribution in [2.75, 3.05) is 34.3 Å². The van der Waals surface area contributed by atoms with Crippen molar-refractivity contribution in [2.45, 2.75) is 39.7 Å². The van der Waals surface area contributed by atoms with Crippen molar-refractivity contribution in [1.29, 1.82) is 0 Å². The third-order valence-electron chi connectivity index (χ3n) is 5.33. The second-order valence-electron chi connectivity index (χ2n) is 9.07. The number of ether oxygens (including phenoxy) is 1. The number of allylic oxidation sites excluding steroid dienone is 1. The number of nitrogens with one attached hydrogen (secondary N) is 2. The van der Waals surface area contributed by atoms with Crippen LogP contribution in [0, 0.1) is 0 Å². The fraction of sp³-hybridized carbons (Fsp3) is 0.360. The highest BCUT2D eigenvalue weighted by molar-refractivity contribution is 7.92. The number of fused-ring (bicyclic) bond motifs is 1. The molecule has 0 aromatic heterocycles. The molecule has 0 unspecified atom stereocenters. The lowest BCUT2D eigenvalue weighted by Gasteiger charge is -2.29. The number of esters is 1. The van der Waals surface area contributed by atoms with Crippen LogP contribution in [0.25, 0.3) is 5.57 Å². The topological polar surface area (TPSA) is 131 Å². The fourth-order valence-electron chi connectivity index (χ4n) is 3.80. The number of anilines is 3. The Morgan fingerprint density at radius 3 is 2.34 bits per heavy atom. The number of sulfonamides is 1. The van der Waals surface area contributed by atoms with E-state index in [1.165, 1.54) is 4.31 Å². The first-order valence-electron chi connectivity index (χ1n) is 11.3. The largest absolute Gasteiger partial charge is 0.462 e. The predicted molar refractivity (Wildman–Crippen MR) is 139 cm³/mol. The van der Waals surface area contributed by atoms with Crippen LogP contribution in [0.5, 0.6) is 0 Å². The Labute approximate surface area is 206 Å². The van der Waals surface area contributed by atoms with Crippen molar-refractivity contribution in [1.82, 2.24) is 0 Å². The molecule has 35 heavy (non-hydrogen) atoms. The van der Waals surface area contributed by atoms with Crippen LogP contribution in [0.4, 0.5) is 17.1 Å². The minimum atomic E-state index is -3.52. The molecule has 0 radical (unpaired) electrons. The molecule has 0 bridgehead atoms. The van der Waals surface area contributed by atoms with Crippen LogP contribution >= 0.6 is 0 Å². The van der Waals surface area contributed by atoms with Crippen LogP contribution < -0.4 is 20.7 Å². The summed E-state index contributed by atoms with van der Waals surface area (Å²) in [4.78, 5) is 24.9. The van der Waals surface area contributed by atoms with Crippen molar-refractivity contribution in [3.63, 3.8) is 0 Å². The van der Waals surface area contributed by atoms with Crippen molar-refractivity contribution in [3.05, 3.63) is 59.3 Å². The predicted octanol–water partition coefficient (Wildman–Crippen LogP) is 3.55. The second-order valence-corrected chi connectivity index (χ2v) is 11.0. The Morgan fingerprint density at radius 1 is 1.14 bits per heavy atom. The van der Waals surface area contributed by atoms with Gasteiger partial charge in [-0.25, -0.2) is 13.2 Å². The maximum absolute atomic E-state index is 12.8. The Kier molecular flexibility index (Phi) is 7.56. The van der Waals surface area contributed by atoms with Crippen molar-refractivity contribution in [3.8, 4) is 0 Å². The van der Waals surface area contributed by atoms with Crippen LogP contribution in [-0.4, -0.2) is 45.2 Å². The van der Waals surface area contributed by atoms with E-state index in [2.05, 4.69) is 10.6 Å². The molecule has 0 atom stereocenters. The van der Waals surface area contributed by atoms with Gasteiger partial charge in [0.2, 0.25) is 10.0 Å². The molecule has 0 aliphatic carbocycles. The van der Waals surface area contributed by atoms with E-state index in [1.807, 2.05) is 6.92 Å². The smallest absolute Gasteiger partial charge is 0.338 e. The number of nitrogens with zero attached hydrogens (tertiary/aromatic N) is 1. The Hall–Kier alpha value is -3.37. The summed E-state index contributed by atoms with van der Waals surface area (Å²) >= 11 is 0. The van der Waals surface area contributed by atoms with Gasteiger partial charge in [-0.15, -0.1) is 0 Å². The summed E-state index contributed by atoms with van der Waals surface area (Å²) in [5.41, 5.74) is 9.33. The molecule has 9 nitrogen and oxygen atoms in total. The van der Waals surface area contributed by atoms with Gasteiger partial charge in [0.15, 0.2) is 0 Å². The summed E-state index contributed by atoms with van der Waals surface area (Å²) < 4.78 is 31.0. The van der Waals surface area contributed by atoms with E-state index in [9.17, 15) is 18.0 Å². The van der Waals surface area contributed by atoms with Crippen LogP contribution in [0.3, 0.4) is 0 Å². The SMILES string of the molecule is CCOC(=O)c1ccc2c(c1)NC(=O)C2=C(CC)Nc1ccc(N(CC(C)(C)N)S(C)(=O)=O)cc1. The van der Waals surface area contributed by atoms with Gasteiger partial charge in [-0.05, 0) is 63.6 Å². The number of carbonyl (C=O) groups is 2. The molecule has 1 heterocycles. The molecule has 0 saturated carbocycles. The summed E-state index contributed by atoms with van der Waals surface area (Å²) in [5, 5.41) is 6.11. The van der Waals surface area contributed by atoms with Gasteiger partial charge < -0.3 is 21.1 Å². The number of benzene rings is 2. The Bertz CT molecular complexity index is 1260.